The largest absolute Gasteiger partial charge is 0.398 e. The number of benzene rings is 2. The smallest absolute Gasteiger partial charge is 0.254 e. The molecule has 1 atom stereocenters. The number of carbonyl (C=O) groups is 1. The van der Waals surface area contributed by atoms with Crippen LogP contribution in [0.25, 0.3) is 0 Å². The van der Waals surface area contributed by atoms with E-state index in [-0.39, 0.29) is 11.9 Å². The predicted octanol–water partition coefficient (Wildman–Crippen LogP) is 3.86. The van der Waals surface area contributed by atoms with E-state index < -0.39 is 0 Å². The van der Waals surface area contributed by atoms with E-state index in [1.54, 1.807) is 23.1 Å². The Hall–Kier alpha value is -1.81. The molecule has 2 aromatic rings. The van der Waals surface area contributed by atoms with E-state index in [1.165, 1.54) is 0 Å². The summed E-state index contributed by atoms with van der Waals surface area (Å²) in [6.07, 6.45) is 0. The van der Waals surface area contributed by atoms with Crippen molar-refractivity contribution in [2.75, 3.05) is 12.8 Å². The van der Waals surface area contributed by atoms with Gasteiger partial charge in [0.2, 0.25) is 0 Å². The van der Waals surface area contributed by atoms with Crippen LogP contribution in [0.1, 0.15) is 28.9 Å². The summed E-state index contributed by atoms with van der Waals surface area (Å²) in [6, 6.07) is 15.2. The van der Waals surface area contributed by atoms with E-state index in [4.69, 9.17) is 5.73 Å². The van der Waals surface area contributed by atoms with Gasteiger partial charge in [0.25, 0.3) is 5.91 Å². The van der Waals surface area contributed by atoms with Crippen LogP contribution in [0.5, 0.6) is 0 Å². The lowest BCUT2D eigenvalue weighted by molar-refractivity contribution is 0.0742. The van der Waals surface area contributed by atoms with Gasteiger partial charge in [-0.25, -0.2) is 0 Å². The highest BCUT2D eigenvalue weighted by molar-refractivity contribution is 9.10. The van der Waals surface area contributed by atoms with E-state index >= 15 is 0 Å². The molecule has 2 aromatic carbocycles. The van der Waals surface area contributed by atoms with Gasteiger partial charge >= 0.3 is 0 Å². The van der Waals surface area contributed by atoms with Crippen LogP contribution in [-0.2, 0) is 0 Å². The van der Waals surface area contributed by atoms with Crippen molar-refractivity contribution in [2.45, 2.75) is 13.0 Å². The van der Waals surface area contributed by atoms with Crippen LogP contribution in [0.4, 0.5) is 5.69 Å². The molecule has 0 saturated heterocycles. The second-order valence-corrected chi connectivity index (χ2v) is 5.59. The number of carbonyl (C=O) groups excluding carboxylic acids is 1. The Balaban J connectivity index is 2.22. The van der Waals surface area contributed by atoms with Crippen molar-refractivity contribution in [3.63, 3.8) is 0 Å². The van der Waals surface area contributed by atoms with Gasteiger partial charge in [-0.15, -0.1) is 0 Å². The number of nitrogens with two attached hydrogens (primary N) is 1. The third kappa shape index (κ3) is 3.02. The molecule has 1 unspecified atom stereocenters. The molecule has 3 nitrogen and oxygen atoms in total. The minimum absolute atomic E-state index is 0.0139. The number of nitrogen functional groups attached to an aromatic ring is 1. The third-order valence-electron chi connectivity index (χ3n) is 3.43. The van der Waals surface area contributed by atoms with Crippen LogP contribution in [0.3, 0.4) is 0 Å². The van der Waals surface area contributed by atoms with Crippen LogP contribution in [0, 0.1) is 0 Å². The van der Waals surface area contributed by atoms with Crippen molar-refractivity contribution in [1.29, 1.82) is 0 Å². The van der Waals surface area contributed by atoms with Crippen molar-refractivity contribution < 1.29 is 4.79 Å². The van der Waals surface area contributed by atoms with E-state index in [0.717, 1.165) is 10.0 Å². The zero-order valence-electron chi connectivity index (χ0n) is 11.5. The molecular formula is C16H17BrN2O. The van der Waals surface area contributed by atoms with Crippen LogP contribution in [-0.4, -0.2) is 17.9 Å². The van der Waals surface area contributed by atoms with E-state index in [9.17, 15) is 4.79 Å². The first-order valence-corrected chi connectivity index (χ1v) is 7.17. The zero-order chi connectivity index (χ0) is 14.7. The highest BCUT2D eigenvalue weighted by Gasteiger charge is 2.19. The molecule has 0 aliphatic carbocycles. The molecule has 0 fully saturated rings. The average Bonchev–Trinajstić information content (AvgIpc) is 2.48. The average molecular weight is 333 g/mol. The standard InChI is InChI=1S/C16H17BrN2O/c1-11(12-6-4-3-5-7-12)19(2)16(20)13-8-9-15(18)14(17)10-13/h3-11H,18H2,1-2H3. The molecule has 20 heavy (non-hydrogen) atoms. The topological polar surface area (TPSA) is 46.3 Å². The predicted molar refractivity (Wildman–Crippen MR) is 85.5 cm³/mol. The molecule has 2 N–H and O–H groups in total. The maximum absolute atomic E-state index is 12.5. The normalized spacial score (nSPS) is 11.9. The minimum Gasteiger partial charge on any atom is -0.398 e. The second-order valence-electron chi connectivity index (χ2n) is 4.74. The molecule has 0 aliphatic heterocycles. The van der Waals surface area contributed by atoms with Crippen molar-refractivity contribution in [3.05, 3.63) is 64.1 Å². The van der Waals surface area contributed by atoms with Crippen LogP contribution < -0.4 is 5.73 Å². The molecule has 0 saturated carbocycles. The Bertz CT molecular complexity index is 613. The summed E-state index contributed by atoms with van der Waals surface area (Å²) in [5.41, 5.74) is 8.10. The second kappa shape index (κ2) is 6.09. The number of hydrogen-bond acceptors (Lipinski definition) is 2. The summed E-state index contributed by atoms with van der Waals surface area (Å²) in [7, 11) is 1.81. The number of rotatable bonds is 3. The minimum atomic E-state index is -0.0259. The fraction of sp³-hybridized carbons (Fsp3) is 0.188. The van der Waals surface area contributed by atoms with Crippen LogP contribution in [0.15, 0.2) is 53.0 Å². The summed E-state index contributed by atoms with van der Waals surface area (Å²) in [5, 5.41) is 0. The molecule has 1 amide bonds. The highest BCUT2D eigenvalue weighted by atomic mass is 79.9. The van der Waals surface area contributed by atoms with Gasteiger partial charge in [0.05, 0.1) is 6.04 Å². The molecule has 2 rings (SSSR count). The van der Waals surface area contributed by atoms with Gasteiger partial charge in [0.1, 0.15) is 0 Å². The Labute approximate surface area is 127 Å². The molecular weight excluding hydrogens is 316 g/mol. The Kier molecular flexibility index (Phi) is 4.45. The number of amides is 1. The summed E-state index contributed by atoms with van der Waals surface area (Å²) in [4.78, 5) is 14.2. The molecule has 0 radical (unpaired) electrons. The van der Waals surface area contributed by atoms with Crippen molar-refractivity contribution in [3.8, 4) is 0 Å². The first kappa shape index (κ1) is 14.6. The van der Waals surface area contributed by atoms with Gasteiger partial charge in [0, 0.05) is 22.8 Å². The first-order valence-electron chi connectivity index (χ1n) is 6.38. The third-order valence-corrected chi connectivity index (χ3v) is 4.12. The van der Waals surface area contributed by atoms with Crippen molar-refractivity contribution >= 4 is 27.5 Å². The molecule has 0 heterocycles. The van der Waals surface area contributed by atoms with Gasteiger partial charge in [-0.3, -0.25) is 4.79 Å². The molecule has 0 spiro atoms. The highest BCUT2D eigenvalue weighted by Crippen LogP contribution is 2.24. The maximum Gasteiger partial charge on any atom is 0.254 e. The summed E-state index contributed by atoms with van der Waals surface area (Å²) in [6.45, 7) is 2.01. The molecule has 0 aromatic heterocycles. The molecule has 0 aliphatic rings. The van der Waals surface area contributed by atoms with Gasteiger partial charge in [-0.1, -0.05) is 30.3 Å². The Morgan fingerprint density at radius 1 is 1.20 bits per heavy atom. The fourth-order valence-electron chi connectivity index (χ4n) is 1.99. The monoisotopic (exact) mass is 332 g/mol. The lowest BCUT2D eigenvalue weighted by Crippen LogP contribution is -2.29. The number of hydrogen-bond donors (Lipinski definition) is 1. The lowest BCUT2D eigenvalue weighted by Gasteiger charge is -2.25. The number of anilines is 1. The van der Waals surface area contributed by atoms with Gasteiger partial charge in [0.15, 0.2) is 0 Å². The lowest BCUT2D eigenvalue weighted by atomic mass is 10.1. The molecule has 104 valence electrons. The van der Waals surface area contributed by atoms with E-state index in [0.29, 0.717) is 11.3 Å². The van der Waals surface area contributed by atoms with Crippen molar-refractivity contribution in [2.24, 2.45) is 0 Å². The summed E-state index contributed by atoms with van der Waals surface area (Å²) >= 11 is 3.35. The Morgan fingerprint density at radius 3 is 2.45 bits per heavy atom. The van der Waals surface area contributed by atoms with Gasteiger partial charge < -0.3 is 10.6 Å². The van der Waals surface area contributed by atoms with E-state index in [1.807, 2.05) is 44.3 Å². The number of halogens is 1. The quantitative estimate of drug-likeness (QED) is 0.867. The first-order chi connectivity index (χ1) is 9.50. The fourth-order valence-corrected chi connectivity index (χ4v) is 2.37. The van der Waals surface area contributed by atoms with Gasteiger partial charge in [-0.05, 0) is 46.6 Å². The number of nitrogens with zero attached hydrogens (tertiary/aromatic N) is 1. The molecule has 0 bridgehead atoms. The van der Waals surface area contributed by atoms with Crippen LogP contribution >= 0.6 is 15.9 Å². The maximum atomic E-state index is 12.5. The molecule has 4 heteroatoms. The SMILES string of the molecule is CC(c1ccccc1)N(C)C(=O)c1ccc(N)c(Br)c1. The summed E-state index contributed by atoms with van der Waals surface area (Å²) < 4.78 is 0.740. The zero-order valence-corrected chi connectivity index (χ0v) is 13.1. The van der Waals surface area contributed by atoms with Gasteiger partial charge in [-0.2, -0.15) is 0 Å². The summed E-state index contributed by atoms with van der Waals surface area (Å²) in [5.74, 6) is -0.0259. The van der Waals surface area contributed by atoms with Crippen LogP contribution in [0.2, 0.25) is 0 Å². The van der Waals surface area contributed by atoms with E-state index in [2.05, 4.69) is 15.9 Å². The van der Waals surface area contributed by atoms with Crippen molar-refractivity contribution in [1.82, 2.24) is 4.90 Å². The Morgan fingerprint density at radius 2 is 1.85 bits per heavy atom.